The highest BCUT2D eigenvalue weighted by Gasteiger charge is 2.02. The summed E-state index contributed by atoms with van der Waals surface area (Å²) in [5.74, 6) is 0. The van der Waals surface area contributed by atoms with E-state index in [1.165, 1.54) is 162 Å². The molecule has 0 amide bonds. The van der Waals surface area contributed by atoms with E-state index in [9.17, 15) is 0 Å². The van der Waals surface area contributed by atoms with Crippen molar-refractivity contribution in [2.24, 2.45) is 0 Å². The number of nitrogens with zero attached hydrogens (tertiary/aromatic N) is 2. The van der Waals surface area contributed by atoms with Crippen molar-refractivity contribution in [2.75, 3.05) is 65.4 Å². The highest BCUT2D eigenvalue weighted by atomic mass is 15.1. The Hall–Kier alpha value is -0.160. The lowest BCUT2D eigenvalue weighted by Crippen LogP contribution is -2.26. The molecule has 200 valence electrons. The first-order valence-electron chi connectivity index (χ1n) is 15.1. The van der Waals surface area contributed by atoms with E-state index < -0.39 is 0 Å². The molecule has 0 fully saturated rings. The van der Waals surface area contributed by atoms with Crippen molar-refractivity contribution >= 4 is 0 Å². The monoisotopic (exact) mass is 469 g/mol. The SMILES string of the molecule is CCCN(CCC)CCCCCCNCCCCCNCCCCCCN(CCC)CCC. The van der Waals surface area contributed by atoms with Gasteiger partial charge in [0, 0.05) is 0 Å². The molecule has 33 heavy (non-hydrogen) atoms. The van der Waals surface area contributed by atoms with Crippen LogP contribution in [0.3, 0.4) is 0 Å². The van der Waals surface area contributed by atoms with Gasteiger partial charge in [-0.1, -0.05) is 59.8 Å². The van der Waals surface area contributed by atoms with Gasteiger partial charge in [0.15, 0.2) is 0 Å². The molecule has 0 aliphatic carbocycles. The molecular formula is C29H64N4. The zero-order valence-electron chi connectivity index (χ0n) is 23.6. The third kappa shape index (κ3) is 24.8. The summed E-state index contributed by atoms with van der Waals surface area (Å²) in [5.41, 5.74) is 0. The predicted molar refractivity (Wildman–Crippen MR) is 151 cm³/mol. The Balaban J connectivity index is 3.22. The van der Waals surface area contributed by atoms with Gasteiger partial charge in [0.1, 0.15) is 0 Å². The number of hydrogen-bond acceptors (Lipinski definition) is 4. The molecule has 4 nitrogen and oxygen atoms in total. The molecule has 4 heteroatoms. The molecule has 0 unspecified atom stereocenters. The van der Waals surface area contributed by atoms with E-state index in [2.05, 4.69) is 48.1 Å². The van der Waals surface area contributed by atoms with Crippen molar-refractivity contribution in [3.8, 4) is 0 Å². The number of hydrogen-bond donors (Lipinski definition) is 2. The summed E-state index contributed by atoms with van der Waals surface area (Å²) in [6, 6.07) is 0. The number of nitrogens with one attached hydrogen (secondary N) is 2. The number of rotatable bonds is 28. The lowest BCUT2D eigenvalue weighted by atomic mass is 10.1. The fourth-order valence-corrected chi connectivity index (χ4v) is 4.74. The summed E-state index contributed by atoms with van der Waals surface area (Å²) in [6.07, 6.45) is 20.2. The van der Waals surface area contributed by atoms with Crippen LogP contribution in [-0.2, 0) is 0 Å². The number of unbranched alkanes of at least 4 members (excludes halogenated alkanes) is 8. The Morgan fingerprint density at radius 2 is 0.606 bits per heavy atom. The zero-order valence-corrected chi connectivity index (χ0v) is 23.6. The van der Waals surface area contributed by atoms with Crippen molar-refractivity contribution in [1.29, 1.82) is 0 Å². The van der Waals surface area contributed by atoms with Gasteiger partial charge >= 0.3 is 0 Å². The van der Waals surface area contributed by atoms with Crippen molar-refractivity contribution < 1.29 is 0 Å². The summed E-state index contributed by atoms with van der Waals surface area (Å²) in [6.45, 7) is 21.7. The fourth-order valence-electron chi connectivity index (χ4n) is 4.74. The first kappa shape index (κ1) is 32.8. The second-order valence-corrected chi connectivity index (χ2v) is 10.1. The molecule has 2 N–H and O–H groups in total. The summed E-state index contributed by atoms with van der Waals surface area (Å²) < 4.78 is 0. The van der Waals surface area contributed by atoms with Gasteiger partial charge in [0.05, 0.1) is 0 Å². The van der Waals surface area contributed by atoms with Crippen LogP contribution < -0.4 is 10.6 Å². The topological polar surface area (TPSA) is 30.5 Å². The van der Waals surface area contributed by atoms with Gasteiger partial charge in [-0.2, -0.15) is 0 Å². The minimum atomic E-state index is 1.20. The molecule has 0 aromatic heterocycles. The van der Waals surface area contributed by atoms with Crippen molar-refractivity contribution in [3.63, 3.8) is 0 Å². The van der Waals surface area contributed by atoms with Crippen molar-refractivity contribution in [2.45, 2.75) is 124 Å². The maximum absolute atomic E-state index is 3.65. The average Bonchev–Trinajstić information content (AvgIpc) is 2.81. The van der Waals surface area contributed by atoms with Gasteiger partial charge < -0.3 is 20.4 Å². The van der Waals surface area contributed by atoms with Crippen LogP contribution in [0.5, 0.6) is 0 Å². The molecule has 0 radical (unpaired) electrons. The first-order valence-corrected chi connectivity index (χ1v) is 15.1. The van der Waals surface area contributed by atoms with Crippen LogP contribution in [-0.4, -0.2) is 75.2 Å². The summed E-state index contributed by atoms with van der Waals surface area (Å²) in [7, 11) is 0. The standard InChI is InChI=1S/C29H64N4/c1-5-24-32(25-6-2)28-18-11-9-14-20-30-22-16-13-17-23-31-21-15-10-12-19-29-33(26-7-3)27-8-4/h30-31H,5-29H2,1-4H3. The van der Waals surface area contributed by atoms with Crippen molar-refractivity contribution in [1.82, 2.24) is 20.4 Å². The second kappa shape index (κ2) is 28.1. The van der Waals surface area contributed by atoms with Gasteiger partial charge in [0.2, 0.25) is 0 Å². The van der Waals surface area contributed by atoms with Crippen LogP contribution >= 0.6 is 0 Å². The third-order valence-electron chi connectivity index (χ3n) is 6.52. The van der Waals surface area contributed by atoms with Crippen LogP contribution in [0.25, 0.3) is 0 Å². The average molecular weight is 469 g/mol. The van der Waals surface area contributed by atoms with E-state index in [-0.39, 0.29) is 0 Å². The summed E-state index contributed by atoms with van der Waals surface area (Å²) in [4.78, 5) is 5.28. The van der Waals surface area contributed by atoms with Crippen LogP contribution in [0.4, 0.5) is 0 Å². The molecular weight excluding hydrogens is 404 g/mol. The van der Waals surface area contributed by atoms with E-state index in [0.717, 1.165) is 0 Å². The normalized spacial score (nSPS) is 11.8. The van der Waals surface area contributed by atoms with Gasteiger partial charge in [-0.3, -0.25) is 0 Å². The smallest absolute Gasteiger partial charge is 0.00187 e. The summed E-state index contributed by atoms with van der Waals surface area (Å²) >= 11 is 0. The molecule has 0 heterocycles. The molecule has 0 bridgehead atoms. The Morgan fingerprint density at radius 3 is 0.909 bits per heavy atom. The van der Waals surface area contributed by atoms with E-state index in [4.69, 9.17) is 0 Å². The summed E-state index contributed by atoms with van der Waals surface area (Å²) in [5, 5.41) is 7.29. The maximum atomic E-state index is 3.65. The lowest BCUT2D eigenvalue weighted by molar-refractivity contribution is 0.268. The largest absolute Gasteiger partial charge is 0.317 e. The van der Waals surface area contributed by atoms with Gasteiger partial charge in [0.25, 0.3) is 0 Å². The van der Waals surface area contributed by atoms with Gasteiger partial charge in [-0.15, -0.1) is 0 Å². The molecule has 0 atom stereocenters. The molecule has 0 rings (SSSR count). The Labute approximate surface area is 210 Å². The van der Waals surface area contributed by atoms with Gasteiger partial charge in [-0.25, -0.2) is 0 Å². The molecule has 0 aromatic carbocycles. The van der Waals surface area contributed by atoms with Crippen LogP contribution in [0, 0.1) is 0 Å². The third-order valence-corrected chi connectivity index (χ3v) is 6.52. The van der Waals surface area contributed by atoms with Crippen molar-refractivity contribution in [3.05, 3.63) is 0 Å². The van der Waals surface area contributed by atoms with E-state index >= 15 is 0 Å². The molecule has 0 aliphatic heterocycles. The van der Waals surface area contributed by atoms with E-state index in [1.54, 1.807) is 0 Å². The van der Waals surface area contributed by atoms with Crippen LogP contribution in [0.2, 0.25) is 0 Å². The minimum absolute atomic E-state index is 1.20. The molecule has 0 saturated heterocycles. The highest BCUT2D eigenvalue weighted by Crippen LogP contribution is 2.04. The molecule has 0 aromatic rings. The van der Waals surface area contributed by atoms with Crippen LogP contribution in [0.15, 0.2) is 0 Å². The fraction of sp³-hybridized carbons (Fsp3) is 1.00. The quantitative estimate of drug-likeness (QED) is 0.125. The molecule has 0 saturated carbocycles. The Kier molecular flexibility index (Phi) is 27.9. The van der Waals surface area contributed by atoms with Gasteiger partial charge in [-0.05, 0) is 130 Å². The minimum Gasteiger partial charge on any atom is -0.317 e. The molecule has 0 spiro atoms. The Morgan fingerprint density at radius 1 is 0.333 bits per heavy atom. The van der Waals surface area contributed by atoms with E-state index in [1.807, 2.05) is 0 Å². The molecule has 0 aliphatic rings. The second-order valence-electron chi connectivity index (χ2n) is 10.1. The first-order chi connectivity index (χ1) is 16.3. The van der Waals surface area contributed by atoms with E-state index in [0.29, 0.717) is 0 Å². The highest BCUT2D eigenvalue weighted by molar-refractivity contribution is 4.59. The predicted octanol–water partition coefficient (Wildman–Crippen LogP) is 6.70. The maximum Gasteiger partial charge on any atom is -0.00187 e. The van der Waals surface area contributed by atoms with Crippen LogP contribution in [0.1, 0.15) is 124 Å². The lowest BCUT2D eigenvalue weighted by Gasteiger charge is -2.20. The Bertz CT molecular complexity index is 307. The zero-order chi connectivity index (χ0) is 24.2.